The fourth-order valence-corrected chi connectivity index (χ4v) is 9.53. The molecule has 520 valence electrons. The van der Waals surface area contributed by atoms with Crippen molar-refractivity contribution in [3.05, 3.63) is 217 Å². The van der Waals surface area contributed by atoms with Crippen LogP contribution in [0.5, 0.6) is 23.0 Å². The average Bonchev–Trinajstić information content (AvgIpc) is 0.979. The molecule has 0 bridgehead atoms. The Labute approximate surface area is 574 Å². The third-order valence-electron chi connectivity index (χ3n) is 15.0. The zero-order chi connectivity index (χ0) is 68.5. The van der Waals surface area contributed by atoms with Gasteiger partial charge in [0.2, 0.25) is 0 Å². The van der Waals surface area contributed by atoms with Gasteiger partial charge in [-0.3, -0.25) is 0 Å². The van der Waals surface area contributed by atoms with E-state index in [0.717, 1.165) is 111 Å². The van der Waals surface area contributed by atoms with Gasteiger partial charge in [-0.1, -0.05) is 98.5 Å². The van der Waals surface area contributed by atoms with Crippen molar-refractivity contribution in [3.63, 3.8) is 0 Å². The minimum atomic E-state index is 0.593. The Kier molecular flexibility index (Phi) is 40.4. The summed E-state index contributed by atoms with van der Waals surface area (Å²) in [7, 11) is 10.1. The van der Waals surface area contributed by atoms with E-state index in [4.69, 9.17) is 56.8 Å². The van der Waals surface area contributed by atoms with Crippen LogP contribution in [0.15, 0.2) is 206 Å². The van der Waals surface area contributed by atoms with Crippen molar-refractivity contribution in [1.29, 1.82) is 0 Å². The molecule has 0 saturated carbocycles. The molecule has 8 aromatic carbocycles. The monoisotopic (exact) mass is 1320 g/mol. The highest BCUT2D eigenvalue weighted by molar-refractivity contribution is 5.67. The molecule has 96 heavy (non-hydrogen) atoms. The third kappa shape index (κ3) is 30.7. The minimum absolute atomic E-state index is 0.593. The van der Waals surface area contributed by atoms with Gasteiger partial charge in [0.25, 0.3) is 0 Å². The van der Waals surface area contributed by atoms with Crippen LogP contribution in [0.2, 0.25) is 0 Å². The molecule has 0 heterocycles. The molecular weight excluding hydrogens is 1210 g/mol. The van der Waals surface area contributed by atoms with Crippen LogP contribution < -0.4 is 38.5 Å². The van der Waals surface area contributed by atoms with Crippen molar-refractivity contribution in [2.45, 2.75) is 53.4 Å². The van der Waals surface area contributed by atoms with Crippen molar-refractivity contribution >= 4 is 45.5 Å². The summed E-state index contributed by atoms with van der Waals surface area (Å²) in [5, 5.41) is 0. The van der Waals surface area contributed by atoms with E-state index >= 15 is 0 Å². The van der Waals surface area contributed by atoms with Gasteiger partial charge >= 0.3 is 0 Å². The number of nitrogens with zero attached hydrogens (tertiary/aromatic N) is 4. The number of aryl methyl sites for hydroxylation is 2. The Morgan fingerprint density at radius 3 is 0.698 bits per heavy atom. The maximum atomic E-state index is 5.80. The maximum Gasteiger partial charge on any atom is 0.119 e. The molecule has 0 aliphatic heterocycles. The lowest BCUT2D eigenvalue weighted by Crippen LogP contribution is -2.23. The molecule has 0 amide bonds. The number of benzene rings is 8. The zero-order valence-electron chi connectivity index (χ0n) is 58.9. The van der Waals surface area contributed by atoms with Crippen molar-refractivity contribution in [2.24, 2.45) is 0 Å². The molecule has 0 aliphatic rings. The minimum Gasteiger partial charge on any atom is -0.497 e. The van der Waals surface area contributed by atoms with Crippen molar-refractivity contribution < 1.29 is 56.8 Å². The molecule has 0 radical (unpaired) electrons. The summed E-state index contributed by atoms with van der Waals surface area (Å²) in [4.78, 5) is 8.99. The molecule has 0 saturated heterocycles. The highest BCUT2D eigenvalue weighted by atomic mass is 16.5. The van der Waals surface area contributed by atoms with E-state index in [-0.39, 0.29) is 0 Å². The summed E-state index contributed by atoms with van der Waals surface area (Å²) in [5.41, 5.74) is 11.6. The van der Waals surface area contributed by atoms with Crippen LogP contribution in [0.4, 0.5) is 45.5 Å². The van der Waals surface area contributed by atoms with E-state index < -0.39 is 0 Å². The molecule has 0 fully saturated rings. The molecule has 0 aliphatic carbocycles. The van der Waals surface area contributed by atoms with Crippen molar-refractivity contribution in [2.75, 3.05) is 181 Å². The summed E-state index contributed by atoms with van der Waals surface area (Å²) < 4.78 is 64.7. The Hall–Kier alpha value is -8.16. The largest absolute Gasteiger partial charge is 0.497 e. The summed E-state index contributed by atoms with van der Waals surface area (Å²) in [6.07, 6.45) is 4.40. The summed E-state index contributed by atoms with van der Waals surface area (Å²) >= 11 is 0. The van der Waals surface area contributed by atoms with Crippen molar-refractivity contribution in [1.82, 2.24) is 0 Å². The van der Waals surface area contributed by atoms with Gasteiger partial charge in [0.05, 0.1) is 107 Å². The van der Waals surface area contributed by atoms with Gasteiger partial charge in [-0.2, -0.15) is 0 Å². The number of rotatable bonds is 42. The topological polar surface area (TPSA) is 124 Å². The van der Waals surface area contributed by atoms with Crippen LogP contribution in [-0.2, 0) is 37.9 Å². The fourth-order valence-electron chi connectivity index (χ4n) is 9.53. The number of ether oxygens (including phenoxy) is 12. The number of hydrogen-bond donors (Lipinski definition) is 0. The lowest BCUT2D eigenvalue weighted by atomic mass is 10.1. The van der Waals surface area contributed by atoms with E-state index in [2.05, 4.69) is 169 Å². The molecule has 8 rings (SSSR count). The molecule has 16 nitrogen and oxygen atoms in total. The number of hydrogen-bond acceptors (Lipinski definition) is 16. The van der Waals surface area contributed by atoms with Gasteiger partial charge in [0, 0.05) is 100 Å². The predicted octanol–water partition coefficient (Wildman–Crippen LogP) is 16.9. The molecule has 8 aromatic rings. The van der Waals surface area contributed by atoms with E-state index in [1.54, 1.807) is 42.7 Å². The first-order valence-electron chi connectivity index (χ1n) is 33.5. The SMILES string of the molecule is CCCCOc1ccc(N(CCOCCOC)c2ccc(OCCCC)cc2)cc1.COCCOCCN(c1ccc(C)cc1)c1ccc(C)cc1.COCCOCCN(c1ccc(OC)cc1)c1ccc(OC)cc1.COCCOCCN(c1ccccc1)c1ccccc1. The first-order chi connectivity index (χ1) is 47.2. The molecular formula is C80H108N4O12. The van der Waals surface area contributed by atoms with Crippen LogP contribution >= 0.6 is 0 Å². The second-order valence-electron chi connectivity index (χ2n) is 22.2. The molecule has 0 unspecified atom stereocenters. The van der Waals surface area contributed by atoms with E-state index in [0.29, 0.717) is 79.3 Å². The average molecular weight is 1320 g/mol. The van der Waals surface area contributed by atoms with Gasteiger partial charge in [-0.25, -0.2) is 0 Å². The van der Waals surface area contributed by atoms with Crippen LogP contribution in [0.3, 0.4) is 0 Å². The molecule has 16 heteroatoms. The molecule has 0 atom stereocenters. The molecule has 0 N–H and O–H groups in total. The van der Waals surface area contributed by atoms with E-state index in [9.17, 15) is 0 Å². The van der Waals surface area contributed by atoms with Gasteiger partial charge in [0.15, 0.2) is 0 Å². The zero-order valence-corrected chi connectivity index (χ0v) is 58.9. The second-order valence-corrected chi connectivity index (χ2v) is 22.2. The smallest absolute Gasteiger partial charge is 0.119 e. The lowest BCUT2D eigenvalue weighted by Gasteiger charge is -2.25. The first-order valence-corrected chi connectivity index (χ1v) is 33.5. The number of para-hydroxylation sites is 2. The molecule has 0 spiro atoms. The van der Waals surface area contributed by atoms with Gasteiger partial charge in [-0.05, 0) is 172 Å². The third-order valence-corrected chi connectivity index (χ3v) is 15.0. The van der Waals surface area contributed by atoms with E-state index in [1.807, 2.05) is 84.9 Å². The highest BCUT2D eigenvalue weighted by Crippen LogP contribution is 2.32. The quantitative estimate of drug-likeness (QED) is 0.0337. The Morgan fingerprint density at radius 2 is 0.469 bits per heavy atom. The number of unbranched alkanes of at least 4 members (excludes halogenated alkanes) is 2. The second kappa shape index (κ2) is 49.4. The first kappa shape index (κ1) is 78.5. The van der Waals surface area contributed by atoms with Gasteiger partial charge in [0.1, 0.15) is 23.0 Å². The van der Waals surface area contributed by atoms with E-state index in [1.165, 1.54) is 33.9 Å². The van der Waals surface area contributed by atoms with Gasteiger partial charge in [-0.15, -0.1) is 0 Å². The van der Waals surface area contributed by atoms with Gasteiger partial charge < -0.3 is 76.4 Å². The number of methoxy groups -OCH3 is 6. The van der Waals surface area contributed by atoms with Crippen molar-refractivity contribution in [3.8, 4) is 23.0 Å². The summed E-state index contributed by atoms with van der Waals surface area (Å²) in [6, 6.07) is 70.4. The summed E-state index contributed by atoms with van der Waals surface area (Å²) in [6.45, 7) is 20.7. The predicted molar refractivity (Wildman–Crippen MR) is 394 cm³/mol. The number of anilines is 8. The highest BCUT2D eigenvalue weighted by Gasteiger charge is 2.14. The maximum absolute atomic E-state index is 5.80. The van der Waals surface area contributed by atoms with Crippen LogP contribution in [0.1, 0.15) is 50.7 Å². The van der Waals surface area contributed by atoms with Crippen LogP contribution in [0, 0.1) is 13.8 Å². The van der Waals surface area contributed by atoms with Crippen LogP contribution in [-0.4, -0.2) is 161 Å². The summed E-state index contributed by atoms with van der Waals surface area (Å²) in [5.74, 6) is 3.49. The Morgan fingerprint density at radius 1 is 0.240 bits per heavy atom. The van der Waals surface area contributed by atoms with Crippen LogP contribution in [0.25, 0.3) is 0 Å². The fraction of sp³-hybridized carbons (Fsp3) is 0.400. The molecule has 0 aromatic heterocycles. The standard InChI is InChI=1S/C25H37NO4.C19H25NO4.C19H25NO2.C17H21NO2/c1-4-6-17-29-24-12-8-22(9-13-24)26(16-19-28-21-20-27-3)23-10-14-25(15-11-23)30-18-7-5-2;1-21-14-15-24-13-12-20(16-4-8-18(22-2)9-5-16)17-6-10-19(23-3)11-7-17;1-16-4-8-18(9-5-16)20(12-13-22-15-14-21-3)19-10-6-17(2)7-11-19;1-19-14-15-20-13-12-18(16-8-4-2-5-9-16)17-10-6-3-7-11-17/h8-15H,4-7,16-21H2,1-3H3;4-11H,12-15H2,1-3H3;4-11H,12-15H2,1-3H3;2-11H,12-15H2,1H3. The normalized spacial score (nSPS) is 10.6. The Balaban J connectivity index is 0.000000234. The lowest BCUT2D eigenvalue weighted by molar-refractivity contribution is 0.0747. The Bertz CT molecular complexity index is 2950.